The fraction of sp³-hybridized carbons (Fsp3) is 0.231. The van der Waals surface area contributed by atoms with Gasteiger partial charge in [0.15, 0.2) is 5.75 Å². The Labute approximate surface area is 111 Å². The minimum Gasteiger partial charge on any atom is -0.435 e. The molecule has 0 spiro atoms. The van der Waals surface area contributed by atoms with E-state index in [1.54, 1.807) is 24.3 Å². The van der Waals surface area contributed by atoms with Crippen LogP contribution in [0.3, 0.4) is 0 Å². The number of hydrogen-bond donors (Lipinski definition) is 3. The Morgan fingerprint density at radius 1 is 1.47 bits per heavy atom. The molecule has 0 atom stereocenters. The third-order valence-electron chi connectivity index (χ3n) is 2.51. The Balaban J connectivity index is 2.24. The summed E-state index contributed by atoms with van der Waals surface area (Å²) in [6.07, 6.45) is 0. The van der Waals surface area contributed by atoms with E-state index in [2.05, 4.69) is 15.5 Å². The van der Waals surface area contributed by atoms with Crippen LogP contribution in [0.25, 0.3) is 0 Å². The molecule has 19 heavy (non-hydrogen) atoms. The van der Waals surface area contributed by atoms with Crippen LogP contribution in [0.4, 0.5) is 5.69 Å². The molecule has 0 aliphatic heterocycles. The molecule has 0 saturated heterocycles. The van der Waals surface area contributed by atoms with Gasteiger partial charge in [0.2, 0.25) is 5.88 Å². The number of aryl methyl sites for hydroxylation is 1. The number of hydrogen-bond acceptors (Lipinski definition) is 4. The van der Waals surface area contributed by atoms with Crippen molar-refractivity contribution in [3.63, 3.8) is 0 Å². The van der Waals surface area contributed by atoms with Crippen LogP contribution < -0.4 is 15.8 Å². The number of amides is 1. The normalized spacial score (nSPS) is 10.2. The smallest absolute Gasteiger partial charge is 0.251 e. The van der Waals surface area contributed by atoms with Gasteiger partial charge in [-0.05, 0) is 32.0 Å². The molecule has 0 unspecified atom stereocenters. The van der Waals surface area contributed by atoms with Crippen LogP contribution >= 0.6 is 0 Å². The number of anilines is 1. The van der Waals surface area contributed by atoms with Gasteiger partial charge in [-0.15, -0.1) is 5.10 Å². The predicted octanol–water partition coefficient (Wildman–Crippen LogP) is 1.84. The Kier molecular flexibility index (Phi) is 3.70. The van der Waals surface area contributed by atoms with Crippen LogP contribution in [0.5, 0.6) is 11.6 Å². The van der Waals surface area contributed by atoms with Crippen LogP contribution in [0, 0.1) is 6.92 Å². The monoisotopic (exact) mass is 260 g/mol. The number of aromatic nitrogens is 2. The highest BCUT2D eigenvalue weighted by molar-refractivity contribution is 5.95. The lowest BCUT2D eigenvalue weighted by Crippen LogP contribution is -2.22. The maximum absolute atomic E-state index is 11.7. The first kappa shape index (κ1) is 12.9. The van der Waals surface area contributed by atoms with Gasteiger partial charge in [-0.1, -0.05) is 0 Å². The molecule has 1 amide bonds. The van der Waals surface area contributed by atoms with Gasteiger partial charge in [-0.3, -0.25) is 9.89 Å². The number of benzene rings is 1. The lowest BCUT2D eigenvalue weighted by atomic mass is 10.2. The third kappa shape index (κ3) is 3.04. The van der Waals surface area contributed by atoms with Crippen LogP contribution in [0.15, 0.2) is 24.3 Å². The van der Waals surface area contributed by atoms with E-state index >= 15 is 0 Å². The molecule has 0 aliphatic carbocycles. The summed E-state index contributed by atoms with van der Waals surface area (Å²) in [7, 11) is 0. The van der Waals surface area contributed by atoms with Gasteiger partial charge in [0.25, 0.3) is 5.91 Å². The molecule has 0 bridgehead atoms. The highest BCUT2D eigenvalue weighted by Crippen LogP contribution is 2.27. The SMILES string of the molecule is CCNC(=O)c1ccc(N)c(Oc2cc(C)[nH]n2)c1. The molecule has 0 saturated carbocycles. The van der Waals surface area contributed by atoms with Crippen molar-refractivity contribution in [1.82, 2.24) is 15.5 Å². The number of aromatic amines is 1. The van der Waals surface area contributed by atoms with E-state index in [4.69, 9.17) is 10.5 Å². The van der Waals surface area contributed by atoms with Crippen molar-refractivity contribution in [1.29, 1.82) is 0 Å². The van der Waals surface area contributed by atoms with Gasteiger partial charge in [0.1, 0.15) is 0 Å². The van der Waals surface area contributed by atoms with E-state index in [0.29, 0.717) is 29.4 Å². The van der Waals surface area contributed by atoms with Crippen molar-refractivity contribution in [3.8, 4) is 11.6 Å². The van der Waals surface area contributed by atoms with Crippen LogP contribution in [0.1, 0.15) is 23.0 Å². The molecule has 1 aromatic carbocycles. The standard InChI is InChI=1S/C13H16N4O2/c1-3-15-13(18)9-4-5-10(14)11(7-9)19-12-6-8(2)16-17-12/h4-7H,3,14H2,1-2H3,(H,15,18)(H,16,17). The molecule has 2 aromatic rings. The van der Waals surface area contributed by atoms with E-state index in [1.165, 1.54) is 0 Å². The van der Waals surface area contributed by atoms with E-state index < -0.39 is 0 Å². The Morgan fingerprint density at radius 2 is 2.26 bits per heavy atom. The number of nitrogen functional groups attached to an aromatic ring is 1. The zero-order valence-electron chi connectivity index (χ0n) is 10.9. The highest BCUT2D eigenvalue weighted by Gasteiger charge is 2.10. The number of H-pyrrole nitrogens is 1. The number of nitrogens with one attached hydrogen (secondary N) is 2. The first-order chi connectivity index (χ1) is 9.10. The summed E-state index contributed by atoms with van der Waals surface area (Å²) in [6, 6.07) is 6.64. The van der Waals surface area contributed by atoms with Gasteiger partial charge < -0.3 is 15.8 Å². The van der Waals surface area contributed by atoms with E-state index in [9.17, 15) is 4.79 Å². The zero-order valence-corrected chi connectivity index (χ0v) is 10.9. The number of nitrogens with two attached hydrogens (primary N) is 1. The second kappa shape index (κ2) is 5.43. The van der Waals surface area contributed by atoms with Crippen molar-refractivity contribution in [2.45, 2.75) is 13.8 Å². The summed E-state index contributed by atoms with van der Waals surface area (Å²) in [5.74, 6) is 0.665. The Bertz CT molecular complexity index is 592. The summed E-state index contributed by atoms with van der Waals surface area (Å²) in [6.45, 7) is 4.30. The summed E-state index contributed by atoms with van der Waals surface area (Å²) in [5.41, 5.74) is 7.66. The molecule has 0 aliphatic rings. The van der Waals surface area contributed by atoms with Gasteiger partial charge in [-0.25, -0.2) is 0 Å². The second-order valence-corrected chi connectivity index (χ2v) is 4.10. The number of nitrogens with zero attached hydrogens (tertiary/aromatic N) is 1. The maximum Gasteiger partial charge on any atom is 0.251 e. The quantitative estimate of drug-likeness (QED) is 0.731. The zero-order chi connectivity index (χ0) is 13.8. The molecule has 6 nitrogen and oxygen atoms in total. The number of rotatable bonds is 4. The van der Waals surface area contributed by atoms with Gasteiger partial charge in [0, 0.05) is 23.9 Å². The molecule has 0 fully saturated rings. The molecule has 6 heteroatoms. The van der Waals surface area contributed by atoms with Crippen molar-refractivity contribution in [2.24, 2.45) is 0 Å². The Morgan fingerprint density at radius 3 is 2.89 bits per heavy atom. The average Bonchev–Trinajstić information content (AvgIpc) is 2.78. The first-order valence-electron chi connectivity index (χ1n) is 5.97. The molecule has 0 radical (unpaired) electrons. The third-order valence-corrected chi connectivity index (χ3v) is 2.51. The number of carbonyl (C=O) groups excluding carboxylic acids is 1. The lowest BCUT2D eigenvalue weighted by molar-refractivity contribution is 0.0955. The largest absolute Gasteiger partial charge is 0.435 e. The summed E-state index contributed by atoms with van der Waals surface area (Å²) in [4.78, 5) is 11.7. The van der Waals surface area contributed by atoms with Crippen LogP contribution in [-0.2, 0) is 0 Å². The number of carbonyl (C=O) groups is 1. The van der Waals surface area contributed by atoms with Crippen molar-refractivity contribution in [3.05, 3.63) is 35.5 Å². The van der Waals surface area contributed by atoms with E-state index in [-0.39, 0.29) is 5.91 Å². The van der Waals surface area contributed by atoms with Crippen molar-refractivity contribution < 1.29 is 9.53 Å². The fourth-order valence-corrected chi connectivity index (χ4v) is 1.58. The predicted molar refractivity (Wildman–Crippen MR) is 72.3 cm³/mol. The maximum atomic E-state index is 11.7. The molecule has 1 aromatic heterocycles. The number of ether oxygens (including phenoxy) is 1. The summed E-state index contributed by atoms with van der Waals surface area (Å²) < 4.78 is 5.55. The molecular formula is C13H16N4O2. The van der Waals surface area contributed by atoms with Crippen LogP contribution in [-0.4, -0.2) is 22.6 Å². The van der Waals surface area contributed by atoms with E-state index in [0.717, 1.165) is 5.69 Å². The van der Waals surface area contributed by atoms with Crippen molar-refractivity contribution in [2.75, 3.05) is 12.3 Å². The first-order valence-corrected chi connectivity index (χ1v) is 5.97. The summed E-state index contributed by atoms with van der Waals surface area (Å²) >= 11 is 0. The van der Waals surface area contributed by atoms with Crippen molar-refractivity contribution >= 4 is 11.6 Å². The second-order valence-electron chi connectivity index (χ2n) is 4.10. The minimum absolute atomic E-state index is 0.162. The molecule has 4 N–H and O–H groups in total. The van der Waals surface area contributed by atoms with Crippen LogP contribution in [0.2, 0.25) is 0 Å². The van der Waals surface area contributed by atoms with E-state index in [1.807, 2.05) is 13.8 Å². The Hall–Kier alpha value is -2.50. The highest BCUT2D eigenvalue weighted by atomic mass is 16.5. The fourth-order valence-electron chi connectivity index (χ4n) is 1.58. The van der Waals surface area contributed by atoms with Gasteiger partial charge >= 0.3 is 0 Å². The molecule has 100 valence electrons. The minimum atomic E-state index is -0.162. The van der Waals surface area contributed by atoms with Gasteiger partial charge in [0.05, 0.1) is 5.69 Å². The molecule has 1 heterocycles. The summed E-state index contributed by atoms with van der Waals surface area (Å²) in [5, 5.41) is 9.45. The molecular weight excluding hydrogens is 244 g/mol. The lowest BCUT2D eigenvalue weighted by Gasteiger charge is -2.08. The topological polar surface area (TPSA) is 93.0 Å². The molecule has 2 rings (SSSR count). The average molecular weight is 260 g/mol. The van der Waals surface area contributed by atoms with Gasteiger partial charge in [-0.2, -0.15) is 0 Å².